The smallest absolute Gasteiger partial charge is 0.259 e. The lowest BCUT2D eigenvalue weighted by molar-refractivity contribution is -0.117. The minimum Gasteiger partial charge on any atom is -0.351 e. The number of fused-ring (bicyclic) bond motifs is 1. The maximum atomic E-state index is 13.6. The predicted molar refractivity (Wildman–Crippen MR) is 137 cm³/mol. The fourth-order valence-corrected chi connectivity index (χ4v) is 3.97. The van der Waals surface area contributed by atoms with Crippen molar-refractivity contribution in [1.82, 2.24) is 5.32 Å². The van der Waals surface area contributed by atoms with Crippen LogP contribution in [0, 0.1) is 5.41 Å². The molecule has 4 rings (SSSR count). The fourth-order valence-electron chi connectivity index (χ4n) is 3.97. The summed E-state index contributed by atoms with van der Waals surface area (Å²) in [6.45, 7) is 4.80. The van der Waals surface area contributed by atoms with Crippen molar-refractivity contribution in [1.29, 1.82) is 0 Å². The van der Waals surface area contributed by atoms with Gasteiger partial charge >= 0.3 is 0 Å². The molecule has 3 aromatic carbocycles. The summed E-state index contributed by atoms with van der Waals surface area (Å²) in [6, 6.07) is 22.8. The molecule has 180 valence electrons. The molecule has 0 radical (unpaired) electrons. The van der Waals surface area contributed by atoms with E-state index >= 15 is 0 Å². The first-order valence-electron chi connectivity index (χ1n) is 11.6. The monoisotopic (exact) mass is 470 g/mol. The van der Waals surface area contributed by atoms with Gasteiger partial charge in [-0.05, 0) is 47.9 Å². The first-order chi connectivity index (χ1) is 16.8. The number of hydrogen-bond donors (Lipinski definition) is 3. The van der Waals surface area contributed by atoms with Crippen molar-refractivity contribution in [3.05, 3.63) is 95.6 Å². The Kier molecular flexibility index (Phi) is 6.98. The minimum absolute atomic E-state index is 0.234. The van der Waals surface area contributed by atoms with Gasteiger partial charge in [-0.1, -0.05) is 62.4 Å². The van der Waals surface area contributed by atoms with Crippen molar-refractivity contribution < 1.29 is 14.4 Å². The van der Waals surface area contributed by atoms with Crippen LogP contribution in [0.25, 0.3) is 0 Å². The highest BCUT2D eigenvalue weighted by Gasteiger charge is 2.37. The molecule has 1 aliphatic heterocycles. The van der Waals surface area contributed by atoms with Gasteiger partial charge in [0, 0.05) is 24.1 Å². The lowest BCUT2D eigenvalue weighted by atomic mass is 9.94. The number of nitrogens with two attached hydrogens (primary N) is 1. The molecule has 3 aromatic rings. The maximum absolute atomic E-state index is 13.6. The molecule has 3 amide bonds. The third-order valence-electron chi connectivity index (χ3n) is 6.18. The average Bonchev–Trinajstić information content (AvgIpc) is 2.88. The standard InChI is InChI=1S/C28H30N4O3/c1-28(2,17-29)18-30-25(33)21-13-14-23-22(16-21)31-26(34)24(15-19-9-5-3-6-10-19)32(23)27(35)20-11-7-4-8-12-20/h3-14,16,24H,15,17-18,29H2,1-2H3,(H,30,33)(H,31,34). The Morgan fingerprint density at radius 2 is 1.63 bits per heavy atom. The summed E-state index contributed by atoms with van der Waals surface area (Å²) in [5, 5.41) is 5.81. The molecule has 7 heteroatoms. The first-order valence-corrected chi connectivity index (χ1v) is 11.6. The molecule has 4 N–H and O–H groups in total. The predicted octanol–water partition coefficient (Wildman–Crippen LogP) is 3.61. The highest BCUT2D eigenvalue weighted by atomic mass is 16.2. The van der Waals surface area contributed by atoms with Crippen LogP contribution in [-0.4, -0.2) is 36.9 Å². The van der Waals surface area contributed by atoms with Gasteiger partial charge < -0.3 is 16.4 Å². The number of anilines is 2. The number of carbonyl (C=O) groups excluding carboxylic acids is 3. The van der Waals surface area contributed by atoms with Gasteiger partial charge in [0.1, 0.15) is 6.04 Å². The van der Waals surface area contributed by atoms with Crippen LogP contribution in [0.2, 0.25) is 0 Å². The highest BCUT2D eigenvalue weighted by Crippen LogP contribution is 2.35. The van der Waals surface area contributed by atoms with Gasteiger partial charge in [-0.2, -0.15) is 0 Å². The number of amides is 3. The zero-order chi connectivity index (χ0) is 25.0. The van der Waals surface area contributed by atoms with E-state index in [-0.39, 0.29) is 23.1 Å². The van der Waals surface area contributed by atoms with Crippen molar-refractivity contribution >= 4 is 29.1 Å². The highest BCUT2D eigenvalue weighted by molar-refractivity contribution is 6.17. The molecule has 35 heavy (non-hydrogen) atoms. The van der Waals surface area contributed by atoms with E-state index in [9.17, 15) is 14.4 Å². The number of rotatable bonds is 7. The summed E-state index contributed by atoms with van der Waals surface area (Å²) in [7, 11) is 0. The molecule has 0 spiro atoms. The number of carbonyl (C=O) groups is 3. The lowest BCUT2D eigenvalue weighted by Crippen LogP contribution is -2.52. The largest absolute Gasteiger partial charge is 0.351 e. The molecule has 1 unspecified atom stereocenters. The molecule has 1 heterocycles. The van der Waals surface area contributed by atoms with Crippen molar-refractivity contribution in [2.45, 2.75) is 26.3 Å². The fraction of sp³-hybridized carbons (Fsp3) is 0.250. The summed E-state index contributed by atoms with van der Waals surface area (Å²) in [6.07, 6.45) is 0.362. The molecular weight excluding hydrogens is 440 g/mol. The van der Waals surface area contributed by atoms with Gasteiger partial charge in [-0.3, -0.25) is 19.3 Å². The summed E-state index contributed by atoms with van der Waals surface area (Å²) >= 11 is 0. The van der Waals surface area contributed by atoms with E-state index < -0.39 is 6.04 Å². The Balaban J connectivity index is 1.69. The first kappa shape index (κ1) is 24.2. The Bertz CT molecular complexity index is 1230. The number of nitrogens with one attached hydrogen (secondary N) is 2. The summed E-state index contributed by atoms with van der Waals surface area (Å²) in [5.41, 5.74) is 8.33. The Hall–Kier alpha value is -3.97. The van der Waals surface area contributed by atoms with E-state index in [4.69, 9.17) is 5.73 Å². The molecule has 7 nitrogen and oxygen atoms in total. The maximum Gasteiger partial charge on any atom is 0.259 e. The number of hydrogen-bond acceptors (Lipinski definition) is 4. The van der Waals surface area contributed by atoms with Crippen molar-refractivity contribution in [3.63, 3.8) is 0 Å². The van der Waals surface area contributed by atoms with Crippen molar-refractivity contribution in [3.8, 4) is 0 Å². The van der Waals surface area contributed by atoms with Gasteiger partial charge in [-0.15, -0.1) is 0 Å². The molecule has 0 aromatic heterocycles. The van der Waals surface area contributed by atoms with Gasteiger partial charge in [-0.25, -0.2) is 0 Å². The van der Waals surface area contributed by atoms with E-state index in [1.54, 1.807) is 42.5 Å². The molecular formula is C28H30N4O3. The summed E-state index contributed by atoms with van der Waals surface area (Å²) in [5.74, 6) is -0.840. The molecule has 1 aliphatic rings. The lowest BCUT2D eigenvalue weighted by Gasteiger charge is -2.37. The molecule has 0 aliphatic carbocycles. The zero-order valence-corrected chi connectivity index (χ0v) is 20.0. The van der Waals surface area contributed by atoms with Gasteiger partial charge in [0.2, 0.25) is 5.91 Å². The SMILES string of the molecule is CC(C)(CN)CNC(=O)c1ccc2c(c1)NC(=O)C(Cc1ccccc1)N2C(=O)c1ccccc1. The van der Waals surface area contributed by atoms with Crippen LogP contribution in [0.4, 0.5) is 11.4 Å². The van der Waals surface area contributed by atoms with Crippen molar-refractivity contribution in [2.75, 3.05) is 23.3 Å². The van der Waals surface area contributed by atoms with Crippen LogP contribution in [0.15, 0.2) is 78.9 Å². The van der Waals surface area contributed by atoms with E-state index in [0.717, 1.165) is 5.56 Å². The third-order valence-corrected chi connectivity index (χ3v) is 6.18. The van der Waals surface area contributed by atoms with E-state index in [1.165, 1.54) is 4.90 Å². The minimum atomic E-state index is -0.734. The second-order valence-corrected chi connectivity index (χ2v) is 9.52. The molecule has 1 atom stereocenters. The molecule has 0 saturated carbocycles. The number of nitrogens with zero attached hydrogens (tertiary/aromatic N) is 1. The normalized spacial score (nSPS) is 15.2. The quantitative estimate of drug-likeness (QED) is 0.491. The van der Waals surface area contributed by atoms with Crippen LogP contribution in [-0.2, 0) is 11.2 Å². The van der Waals surface area contributed by atoms with Crippen LogP contribution in [0.1, 0.15) is 40.1 Å². The Morgan fingerprint density at radius 3 is 2.29 bits per heavy atom. The van der Waals surface area contributed by atoms with Gasteiger partial charge in [0.15, 0.2) is 0 Å². The van der Waals surface area contributed by atoms with Gasteiger partial charge in [0.25, 0.3) is 11.8 Å². The topological polar surface area (TPSA) is 105 Å². The second-order valence-electron chi connectivity index (χ2n) is 9.52. The van der Waals surface area contributed by atoms with Crippen LogP contribution in [0.5, 0.6) is 0 Å². The van der Waals surface area contributed by atoms with Crippen LogP contribution < -0.4 is 21.3 Å². The van der Waals surface area contributed by atoms with E-state index in [1.807, 2.05) is 50.2 Å². The molecule has 0 saturated heterocycles. The summed E-state index contributed by atoms with van der Waals surface area (Å²) in [4.78, 5) is 41.2. The Labute approximate surface area is 205 Å². The number of benzene rings is 3. The van der Waals surface area contributed by atoms with E-state index in [2.05, 4.69) is 10.6 Å². The van der Waals surface area contributed by atoms with Crippen LogP contribution in [0.3, 0.4) is 0 Å². The molecule has 0 fully saturated rings. The van der Waals surface area contributed by atoms with Gasteiger partial charge in [0.05, 0.1) is 11.4 Å². The van der Waals surface area contributed by atoms with Crippen molar-refractivity contribution in [2.24, 2.45) is 11.1 Å². The summed E-state index contributed by atoms with van der Waals surface area (Å²) < 4.78 is 0. The molecule has 0 bridgehead atoms. The van der Waals surface area contributed by atoms with Crippen LogP contribution >= 0.6 is 0 Å². The van der Waals surface area contributed by atoms with E-state index in [0.29, 0.717) is 42.0 Å². The third kappa shape index (κ3) is 5.41. The average molecular weight is 471 g/mol. The Morgan fingerprint density at radius 1 is 0.971 bits per heavy atom. The second kappa shape index (κ2) is 10.1. The zero-order valence-electron chi connectivity index (χ0n) is 20.0.